The largest absolute Gasteiger partial charge is 0.241 e. The van der Waals surface area contributed by atoms with E-state index >= 15 is 0 Å². The molecule has 0 saturated heterocycles. The molecule has 2 rings (SSSR count). The number of hydrogen-bond donors (Lipinski definition) is 0. The molecule has 0 spiro atoms. The Hall–Kier alpha value is -0.930. The van der Waals surface area contributed by atoms with Gasteiger partial charge in [-0.05, 0) is 24.1 Å². The molecule has 1 aromatic carbocycles. The second kappa shape index (κ2) is 7.01. The van der Waals surface area contributed by atoms with Crippen LogP contribution < -0.4 is 0 Å². The topological polar surface area (TPSA) is 25.8 Å². The third-order valence-corrected chi connectivity index (χ3v) is 3.73. The molecule has 0 saturated carbocycles. The molecule has 100 valence electrons. The zero-order chi connectivity index (χ0) is 13.7. The van der Waals surface area contributed by atoms with Gasteiger partial charge in [0.2, 0.25) is 0 Å². The van der Waals surface area contributed by atoms with Crippen molar-refractivity contribution in [3.8, 4) is 0 Å². The number of aryl methyl sites for hydroxylation is 1. The van der Waals surface area contributed by atoms with Crippen LogP contribution in [-0.4, -0.2) is 9.97 Å². The minimum Gasteiger partial charge on any atom is -0.241 e. The van der Waals surface area contributed by atoms with E-state index in [9.17, 15) is 0 Å². The predicted octanol–water partition coefficient (Wildman–Crippen LogP) is 4.52. The molecule has 0 aliphatic carbocycles. The zero-order valence-corrected chi connectivity index (χ0v) is 13.2. The predicted molar refractivity (Wildman–Crippen MR) is 82.5 cm³/mol. The van der Waals surface area contributed by atoms with Gasteiger partial charge in [-0.2, -0.15) is 0 Å². The Bertz CT molecular complexity index is 540. The molecule has 0 aliphatic rings. The van der Waals surface area contributed by atoms with Gasteiger partial charge in [-0.25, -0.2) is 9.97 Å². The van der Waals surface area contributed by atoms with Crippen LogP contribution in [0.3, 0.4) is 0 Å². The molecular weight excluding hydrogens is 324 g/mol. The normalized spacial score (nSPS) is 10.7. The van der Waals surface area contributed by atoms with E-state index in [2.05, 4.69) is 45.0 Å². The van der Waals surface area contributed by atoms with E-state index in [1.54, 1.807) is 0 Å². The van der Waals surface area contributed by atoms with E-state index in [4.69, 9.17) is 11.6 Å². The summed E-state index contributed by atoms with van der Waals surface area (Å²) in [6.45, 7) is 2.15. The first kappa shape index (κ1) is 14.5. The Labute approximate surface area is 127 Å². The van der Waals surface area contributed by atoms with E-state index in [0.29, 0.717) is 5.88 Å². The summed E-state index contributed by atoms with van der Waals surface area (Å²) in [5.74, 6) is 1.34. The van der Waals surface area contributed by atoms with Crippen molar-refractivity contribution in [1.82, 2.24) is 9.97 Å². The van der Waals surface area contributed by atoms with Gasteiger partial charge in [0.05, 0.1) is 5.88 Å². The Morgan fingerprint density at radius 3 is 2.58 bits per heavy atom. The van der Waals surface area contributed by atoms with Crippen molar-refractivity contribution in [2.24, 2.45) is 0 Å². The van der Waals surface area contributed by atoms with Gasteiger partial charge >= 0.3 is 0 Å². The number of hydrogen-bond acceptors (Lipinski definition) is 2. The highest BCUT2D eigenvalue weighted by atomic mass is 79.9. The summed E-state index contributed by atoms with van der Waals surface area (Å²) in [5.41, 5.74) is 3.34. The second-order valence-corrected chi connectivity index (χ2v) is 5.63. The third-order valence-electron chi connectivity index (χ3n) is 2.91. The molecule has 4 heteroatoms. The quantitative estimate of drug-likeness (QED) is 0.748. The summed E-state index contributed by atoms with van der Waals surface area (Å²) in [5, 5.41) is 0. The minimum atomic E-state index is 0.480. The maximum absolute atomic E-state index is 5.91. The smallest absolute Gasteiger partial charge is 0.132 e. The molecule has 0 atom stereocenters. The highest BCUT2D eigenvalue weighted by molar-refractivity contribution is 9.10. The van der Waals surface area contributed by atoms with Crippen LogP contribution >= 0.6 is 27.5 Å². The molecular formula is C15H16BrClN2. The van der Waals surface area contributed by atoms with Crippen LogP contribution in [0, 0.1) is 0 Å². The lowest BCUT2D eigenvalue weighted by molar-refractivity contribution is 0.825. The first-order chi connectivity index (χ1) is 9.22. The van der Waals surface area contributed by atoms with Gasteiger partial charge in [-0.15, -0.1) is 11.6 Å². The lowest BCUT2D eigenvalue weighted by Gasteiger charge is -2.07. The van der Waals surface area contributed by atoms with Crippen molar-refractivity contribution in [1.29, 1.82) is 0 Å². The summed E-state index contributed by atoms with van der Waals surface area (Å²) in [7, 11) is 0. The van der Waals surface area contributed by atoms with Crippen LogP contribution in [0.15, 0.2) is 34.9 Å². The average Bonchev–Trinajstić information content (AvgIpc) is 2.42. The van der Waals surface area contributed by atoms with Crippen molar-refractivity contribution in [3.05, 3.63) is 57.6 Å². The summed E-state index contributed by atoms with van der Waals surface area (Å²) in [6, 6.07) is 8.25. The average molecular weight is 340 g/mol. The summed E-state index contributed by atoms with van der Waals surface area (Å²) in [4.78, 5) is 9.05. The number of aromatic nitrogens is 2. The Balaban J connectivity index is 2.20. The maximum atomic E-state index is 5.91. The van der Waals surface area contributed by atoms with Crippen LogP contribution in [0.1, 0.15) is 36.0 Å². The van der Waals surface area contributed by atoms with E-state index in [0.717, 1.165) is 40.8 Å². The summed E-state index contributed by atoms with van der Waals surface area (Å²) >= 11 is 9.35. The van der Waals surface area contributed by atoms with Crippen molar-refractivity contribution in [2.45, 2.75) is 32.1 Å². The number of benzene rings is 1. The molecule has 1 aromatic heterocycles. The summed E-state index contributed by atoms with van der Waals surface area (Å²) < 4.78 is 1.08. The first-order valence-corrected chi connectivity index (χ1v) is 7.69. The van der Waals surface area contributed by atoms with Crippen molar-refractivity contribution in [2.75, 3.05) is 0 Å². The Kier molecular flexibility index (Phi) is 5.34. The number of halogens is 2. The molecule has 2 aromatic rings. The van der Waals surface area contributed by atoms with Gasteiger partial charge in [-0.3, -0.25) is 0 Å². The molecule has 0 N–H and O–H groups in total. The van der Waals surface area contributed by atoms with E-state index in [1.807, 2.05) is 18.3 Å². The molecule has 19 heavy (non-hydrogen) atoms. The number of nitrogens with zero attached hydrogens (tertiary/aromatic N) is 2. The maximum Gasteiger partial charge on any atom is 0.132 e. The molecule has 0 amide bonds. The fraction of sp³-hybridized carbons (Fsp3) is 0.333. The molecule has 2 nitrogen and oxygen atoms in total. The summed E-state index contributed by atoms with van der Waals surface area (Å²) in [6.07, 6.45) is 4.64. The van der Waals surface area contributed by atoms with Crippen molar-refractivity contribution in [3.63, 3.8) is 0 Å². The third kappa shape index (κ3) is 4.02. The van der Waals surface area contributed by atoms with Crippen LogP contribution in [0.25, 0.3) is 0 Å². The van der Waals surface area contributed by atoms with Gasteiger partial charge in [0.25, 0.3) is 0 Å². The van der Waals surface area contributed by atoms with Gasteiger partial charge in [0.15, 0.2) is 0 Å². The van der Waals surface area contributed by atoms with Gasteiger partial charge in [-0.1, -0.05) is 41.4 Å². The number of alkyl halides is 1. The monoisotopic (exact) mass is 338 g/mol. The standard InChI is InChI=1S/C15H16BrClN2/c1-2-3-14-12(9-17)10-18-15(19-14)8-11-4-6-13(16)7-5-11/h4-7,10H,2-3,8-9H2,1H3. The van der Waals surface area contributed by atoms with E-state index in [-0.39, 0.29) is 0 Å². The second-order valence-electron chi connectivity index (χ2n) is 4.45. The molecule has 0 fully saturated rings. The van der Waals surface area contributed by atoms with Gasteiger partial charge < -0.3 is 0 Å². The fourth-order valence-electron chi connectivity index (χ4n) is 1.92. The van der Waals surface area contributed by atoms with Crippen molar-refractivity contribution >= 4 is 27.5 Å². The van der Waals surface area contributed by atoms with Crippen LogP contribution in [0.2, 0.25) is 0 Å². The van der Waals surface area contributed by atoms with Crippen LogP contribution in [0.4, 0.5) is 0 Å². The highest BCUT2D eigenvalue weighted by Crippen LogP contribution is 2.15. The molecule has 0 bridgehead atoms. The van der Waals surface area contributed by atoms with E-state index < -0.39 is 0 Å². The lowest BCUT2D eigenvalue weighted by Crippen LogP contribution is -2.04. The highest BCUT2D eigenvalue weighted by Gasteiger charge is 2.06. The molecule has 0 aliphatic heterocycles. The van der Waals surface area contributed by atoms with E-state index in [1.165, 1.54) is 5.56 Å². The fourth-order valence-corrected chi connectivity index (χ4v) is 2.41. The van der Waals surface area contributed by atoms with Crippen LogP contribution in [-0.2, 0) is 18.7 Å². The number of rotatable bonds is 5. The Morgan fingerprint density at radius 2 is 1.95 bits per heavy atom. The van der Waals surface area contributed by atoms with Crippen LogP contribution in [0.5, 0.6) is 0 Å². The van der Waals surface area contributed by atoms with Gasteiger partial charge in [0.1, 0.15) is 5.82 Å². The molecule has 1 heterocycles. The Morgan fingerprint density at radius 1 is 1.21 bits per heavy atom. The molecule has 0 unspecified atom stereocenters. The van der Waals surface area contributed by atoms with Gasteiger partial charge in [0, 0.05) is 28.3 Å². The minimum absolute atomic E-state index is 0.480. The lowest BCUT2D eigenvalue weighted by atomic mass is 10.1. The van der Waals surface area contributed by atoms with Crippen molar-refractivity contribution < 1.29 is 0 Å². The SMILES string of the molecule is CCCc1nc(Cc2ccc(Br)cc2)ncc1CCl. The first-order valence-electron chi connectivity index (χ1n) is 6.37. The molecule has 0 radical (unpaired) electrons. The zero-order valence-electron chi connectivity index (χ0n) is 10.9.